The van der Waals surface area contributed by atoms with Crippen LogP contribution in [-0.2, 0) is 22.4 Å². The fourth-order valence-electron chi connectivity index (χ4n) is 1.68. The lowest BCUT2D eigenvalue weighted by Gasteiger charge is -2.18. The molecule has 1 aromatic heterocycles. The van der Waals surface area contributed by atoms with Gasteiger partial charge in [-0.05, 0) is 17.9 Å². The summed E-state index contributed by atoms with van der Waals surface area (Å²) >= 11 is 0. The van der Waals surface area contributed by atoms with Crippen molar-refractivity contribution in [3.63, 3.8) is 0 Å². The second-order valence-corrected chi connectivity index (χ2v) is 5.44. The van der Waals surface area contributed by atoms with Gasteiger partial charge in [-0.3, -0.25) is 4.98 Å². The quantitative estimate of drug-likeness (QED) is 0.575. The van der Waals surface area contributed by atoms with E-state index in [2.05, 4.69) is 25.8 Å². The van der Waals surface area contributed by atoms with Crippen LogP contribution in [0.3, 0.4) is 0 Å². The second-order valence-electron chi connectivity index (χ2n) is 5.44. The monoisotopic (exact) mass is 251 g/mol. The van der Waals surface area contributed by atoms with Gasteiger partial charge < -0.3 is 14.3 Å². The molecule has 1 heterocycles. The predicted octanol–water partition coefficient (Wildman–Crippen LogP) is 2.39. The standard InChI is InChI=1S/C14H21NO3/c1-14(2,3)8-12-7-11(5-6-16)13(9-15-12)18-10-17-4/h6-7,9H,5,8,10H2,1-4H3. The number of nitrogens with zero attached hydrogens (tertiary/aromatic N) is 1. The van der Waals surface area contributed by atoms with Gasteiger partial charge in [0.2, 0.25) is 0 Å². The van der Waals surface area contributed by atoms with Crippen LogP contribution in [-0.4, -0.2) is 25.2 Å². The van der Waals surface area contributed by atoms with Crippen LogP contribution in [0.25, 0.3) is 0 Å². The maximum atomic E-state index is 10.7. The van der Waals surface area contributed by atoms with Crippen molar-refractivity contribution in [2.75, 3.05) is 13.9 Å². The molecule has 1 rings (SSSR count). The van der Waals surface area contributed by atoms with E-state index in [0.717, 1.165) is 24.0 Å². The lowest BCUT2D eigenvalue weighted by Crippen LogP contribution is -2.11. The van der Waals surface area contributed by atoms with E-state index >= 15 is 0 Å². The lowest BCUT2D eigenvalue weighted by molar-refractivity contribution is -0.107. The summed E-state index contributed by atoms with van der Waals surface area (Å²) in [6.07, 6.45) is 3.73. The first kappa shape index (κ1) is 14.6. The summed E-state index contributed by atoms with van der Waals surface area (Å²) in [6, 6.07) is 1.94. The van der Waals surface area contributed by atoms with E-state index in [1.165, 1.54) is 0 Å². The van der Waals surface area contributed by atoms with Gasteiger partial charge >= 0.3 is 0 Å². The zero-order valence-corrected chi connectivity index (χ0v) is 11.5. The largest absolute Gasteiger partial charge is 0.466 e. The van der Waals surface area contributed by atoms with E-state index in [1.807, 2.05) is 6.07 Å². The Balaban J connectivity index is 2.91. The topological polar surface area (TPSA) is 48.4 Å². The van der Waals surface area contributed by atoms with Crippen molar-refractivity contribution in [1.82, 2.24) is 4.98 Å². The summed E-state index contributed by atoms with van der Waals surface area (Å²) in [5.41, 5.74) is 2.00. The number of carbonyl (C=O) groups is 1. The van der Waals surface area contributed by atoms with Gasteiger partial charge in [-0.2, -0.15) is 0 Å². The molecule has 0 aliphatic rings. The maximum Gasteiger partial charge on any atom is 0.188 e. The Hall–Kier alpha value is -1.42. The molecule has 0 aromatic carbocycles. The normalized spacial score (nSPS) is 11.3. The van der Waals surface area contributed by atoms with Crippen molar-refractivity contribution in [3.05, 3.63) is 23.5 Å². The molecule has 0 saturated heterocycles. The Morgan fingerprint density at radius 1 is 1.39 bits per heavy atom. The predicted molar refractivity (Wildman–Crippen MR) is 69.7 cm³/mol. The maximum absolute atomic E-state index is 10.7. The molecule has 0 atom stereocenters. The molecule has 0 unspecified atom stereocenters. The fraction of sp³-hybridized carbons (Fsp3) is 0.571. The second kappa shape index (κ2) is 6.50. The Morgan fingerprint density at radius 3 is 2.67 bits per heavy atom. The molecule has 1 aromatic rings. The zero-order valence-electron chi connectivity index (χ0n) is 11.5. The van der Waals surface area contributed by atoms with Gasteiger partial charge in [0.15, 0.2) is 6.79 Å². The molecule has 0 spiro atoms. The zero-order chi connectivity index (χ0) is 13.6. The lowest BCUT2D eigenvalue weighted by atomic mass is 9.90. The van der Waals surface area contributed by atoms with Gasteiger partial charge in [-0.25, -0.2) is 0 Å². The Kier molecular flexibility index (Phi) is 5.28. The van der Waals surface area contributed by atoms with Gasteiger partial charge in [0.1, 0.15) is 12.0 Å². The number of pyridine rings is 1. The number of rotatable bonds is 6. The fourth-order valence-corrected chi connectivity index (χ4v) is 1.68. The number of aromatic nitrogens is 1. The van der Waals surface area contributed by atoms with Crippen LogP contribution in [0.5, 0.6) is 5.75 Å². The van der Waals surface area contributed by atoms with Crippen LogP contribution in [0.2, 0.25) is 0 Å². The third kappa shape index (κ3) is 4.84. The van der Waals surface area contributed by atoms with Crippen molar-refractivity contribution < 1.29 is 14.3 Å². The van der Waals surface area contributed by atoms with Gasteiger partial charge in [-0.15, -0.1) is 0 Å². The third-order valence-electron chi connectivity index (χ3n) is 2.35. The number of methoxy groups -OCH3 is 1. The molecule has 0 fully saturated rings. The summed E-state index contributed by atoms with van der Waals surface area (Å²) in [7, 11) is 1.56. The highest BCUT2D eigenvalue weighted by molar-refractivity contribution is 5.57. The number of hydrogen-bond acceptors (Lipinski definition) is 4. The van der Waals surface area contributed by atoms with Crippen molar-refractivity contribution in [1.29, 1.82) is 0 Å². The Bertz CT molecular complexity index is 397. The third-order valence-corrected chi connectivity index (χ3v) is 2.35. The first-order chi connectivity index (χ1) is 8.46. The number of carbonyl (C=O) groups excluding carboxylic acids is 1. The molecule has 0 aliphatic carbocycles. The molecule has 0 aliphatic heterocycles. The Morgan fingerprint density at radius 2 is 2.11 bits per heavy atom. The highest BCUT2D eigenvalue weighted by Crippen LogP contribution is 2.23. The molecule has 18 heavy (non-hydrogen) atoms. The van der Waals surface area contributed by atoms with E-state index in [1.54, 1.807) is 13.3 Å². The van der Waals surface area contributed by atoms with Gasteiger partial charge in [-0.1, -0.05) is 20.8 Å². The molecular formula is C14H21NO3. The molecule has 4 nitrogen and oxygen atoms in total. The molecule has 0 bridgehead atoms. The van der Waals surface area contributed by atoms with E-state index in [-0.39, 0.29) is 12.2 Å². The average molecular weight is 251 g/mol. The summed E-state index contributed by atoms with van der Waals surface area (Å²) in [4.78, 5) is 15.1. The van der Waals surface area contributed by atoms with Crippen LogP contribution < -0.4 is 4.74 Å². The molecule has 0 saturated carbocycles. The van der Waals surface area contributed by atoms with Crippen LogP contribution in [0.15, 0.2) is 12.3 Å². The van der Waals surface area contributed by atoms with Crippen molar-refractivity contribution >= 4 is 6.29 Å². The first-order valence-electron chi connectivity index (χ1n) is 5.99. The van der Waals surface area contributed by atoms with Crippen molar-refractivity contribution in [2.24, 2.45) is 5.41 Å². The minimum absolute atomic E-state index is 0.159. The summed E-state index contributed by atoms with van der Waals surface area (Å²) < 4.78 is 10.2. The summed E-state index contributed by atoms with van der Waals surface area (Å²) in [5.74, 6) is 0.613. The van der Waals surface area contributed by atoms with E-state index in [4.69, 9.17) is 9.47 Å². The van der Waals surface area contributed by atoms with Crippen molar-refractivity contribution in [2.45, 2.75) is 33.6 Å². The van der Waals surface area contributed by atoms with Crippen LogP contribution in [0.1, 0.15) is 32.0 Å². The van der Waals surface area contributed by atoms with Crippen LogP contribution in [0.4, 0.5) is 0 Å². The Labute approximate surface area is 108 Å². The smallest absolute Gasteiger partial charge is 0.188 e. The molecular weight excluding hydrogens is 230 g/mol. The molecule has 0 radical (unpaired) electrons. The minimum atomic E-state index is 0.159. The van der Waals surface area contributed by atoms with Crippen molar-refractivity contribution in [3.8, 4) is 5.75 Å². The number of ether oxygens (including phenoxy) is 2. The SMILES string of the molecule is COCOc1cnc(CC(C)(C)C)cc1CC=O. The summed E-state index contributed by atoms with van der Waals surface area (Å²) in [5, 5.41) is 0. The molecule has 100 valence electrons. The van der Waals surface area contributed by atoms with Gasteiger partial charge in [0.05, 0.1) is 6.20 Å². The average Bonchev–Trinajstić information content (AvgIpc) is 2.26. The van der Waals surface area contributed by atoms with Crippen LogP contribution >= 0.6 is 0 Å². The highest BCUT2D eigenvalue weighted by atomic mass is 16.7. The van der Waals surface area contributed by atoms with Crippen LogP contribution in [0, 0.1) is 5.41 Å². The molecule has 0 N–H and O–H groups in total. The van der Waals surface area contributed by atoms with Gasteiger partial charge in [0, 0.05) is 24.8 Å². The number of hydrogen-bond donors (Lipinski definition) is 0. The van der Waals surface area contributed by atoms with E-state index in [9.17, 15) is 4.79 Å². The molecule has 0 amide bonds. The van der Waals surface area contributed by atoms with E-state index < -0.39 is 0 Å². The summed E-state index contributed by atoms with van der Waals surface area (Å²) in [6.45, 7) is 6.63. The molecule has 4 heteroatoms. The minimum Gasteiger partial charge on any atom is -0.466 e. The first-order valence-corrected chi connectivity index (χ1v) is 5.99. The van der Waals surface area contributed by atoms with E-state index in [0.29, 0.717) is 12.2 Å². The number of aldehydes is 1. The highest BCUT2D eigenvalue weighted by Gasteiger charge is 2.14. The van der Waals surface area contributed by atoms with Gasteiger partial charge in [0.25, 0.3) is 0 Å².